The van der Waals surface area contributed by atoms with Crippen LogP contribution in [0.25, 0.3) is 0 Å². The van der Waals surface area contributed by atoms with Gasteiger partial charge in [-0.1, -0.05) is 0 Å². The maximum absolute atomic E-state index is 12.6. The van der Waals surface area contributed by atoms with Crippen LogP contribution in [0.5, 0.6) is 0 Å². The van der Waals surface area contributed by atoms with Gasteiger partial charge in [0, 0.05) is 46.5 Å². The Morgan fingerprint density at radius 3 is 2.64 bits per heavy atom. The molecule has 0 spiro atoms. The van der Waals surface area contributed by atoms with Crippen molar-refractivity contribution in [1.82, 2.24) is 14.3 Å². The highest BCUT2D eigenvalue weighted by Crippen LogP contribution is 2.26. The molecular weight excluding hydrogens is 302 g/mol. The van der Waals surface area contributed by atoms with Gasteiger partial charge in [0.05, 0.1) is 5.25 Å². The van der Waals surface area contributed by atoms with Crippen LogP contribution in [0, 0.1) is 0 Å². The van der Waals surface area contributed by atoms with Gasteiger partial charge in [0.25, 0.3) is 0 Å². The molecule has 0 bridgehead atoms. The first-order valence-electron chi connectivity index (χ1n) is 7.73. The highest BCUT2D eigenvalue weighted by Gasteiger charge is 2.38. The smallest absolute Gasteiger partial charge is 0.227 e. The second kappa shape index (κ2) is 6.00. The van der Waals surface area contributed by atoms with Crippen LogP contribution in [-0.2, 0) is 10.0 Å². The average molecular weight is 325 g/mol. The van der Waals surface area contributed by atoms with Crippen molar-refractivity contribution in [2.75, 3.05) is 50.1 Å². The van der Waals surface area contributed by atoms with Crippen molar-refractivity contribution in [3.63, 3.8) is 0 Å². The molecule has 0 radical (unpaired) electrons. The average Bonchev–Trinajstić information content (AvgIpc) is 3.19. The molecule has 1 unspecified atom stereocenters. The van der Waals surface area contributed by atoms with Crippen LogP contribution in [0.15, 0.2) is 12.3 Å². The minimum absolute atomic E-state index is 0.336. The van der Waals surface area contributed by atoms with Crippen LogP contribution >= 0.6 is 0 Å². The number of aromatic nitrogens is 2. The molecule has 8 heteroatoms. The van der Waals surface area contributed by atoms with E-state index in [-0.39, 0.29) is 5.25 Å². The first-order valence-corrected chi connectivity index (χ1v) is 9.23. The maximum atomic E-state index is 12.6. The molecule has 0 aliphatic carbocycles. The fraction of sp³-hybridized carbons (Fsp3) is 0.714. The Morgan fingerprint density at radius 1 is 1.23 bits per heavy atom. The summed E-state index contributed by atoms with van der Waals surface area (Å²) < 4.78 is 26.9. The highest BCUT2D eigenvalue weighted by atomic mass is 32.2. The second-order valence-corrected chi connectivity index (χ2v) is 8.33. The van der Waals surface area contributed by atoms with E-state index in [1.165, 1.54) is 0 Å². The van der Waals surface area contributed by atoms with Gasteiger partial charge >= 0.3 is 0 Å². The SMILES string of the molecule is CN(C)c1ccnc(N2CCC(S(=O)(=O)N3CCCC3)C2)n1. The van der Waals surface area contributed by atoms with E-state index in [2.05, 4.69) is 9.97 Å². The summed E-state index contributed by atoms with van der Waals surface area (Å²) in [5.41, 5.74) is 0. The van der Waals surface area contributed by atoms with Gasteiger partial charge in [-0.25, -0.2) is 17.7 Å². The predicted octanol–water partition coefficient (Wildman–Crippen LogP) is 0.547. The topological polar surface area (TPSA) is 69.6 Å². The summed E-state index contributed by atoms with van der Waals surface area (Å²) in [5, 5.41) is -0.336. The molecule has 7 nitrogen and oxygen atoms in total. The van der Waals surface area contributed by atoms with Crippen LogP contribution in [0.2, 0.25) is 0 Å². The third-order valence-electron chi connectivity index (χ3n) is 4.36. The molecule has 1 aromatic heterocycles. The van der Waals surface area contributed by atoms with E-state index in [1.807, 2.05) is 30.0 Å². The van der Waals surface area contributed by atoms with Crippen LogP contribution < -0.4 is 9.80 Å². The summed E-state index contributed by atoms with van der Waals surface area (Å²) in [6.07, 6.45) is 4.32. The standard InChI is InChI=1S/C14H23N5O2S/c1-17(2)13-5-7-15-14(16-13)18-10-6-12(11-18)22(20,21)19-8-3-4-9-19/h5,7,12H,3-4,6,8-11H2,1-2H3. The Morgan fingerprint density at radius 2 is 1.95 bits per heavy atom. The number of hydrogen-bond acceptors (Lipinski definition) is 6. The lowest BCUT2D eigenvalue weighted by Crippen LogP contribution is -2.38. The third kappa shape index (κ3) is 2.89. The van der Waals surface area contributed by atoms with Gasteiger partial charge in [0.15, 0.2) is 0 Å². The Bertz CT molecular complexity index is 628. The summed E-state index contributed by atoms with van der Waals surface area (Å²) in [5.74, 6) is 1.45. The summed E-state index contributed by atoms with van der Waals surface area (Å²) in [6, 6.07) is 1.85. The van der Waals surface area contributed by atoms with Gasteiger partial charge < -0.3 is 9.80 Å². The van der Waals surface area contributed by atoms with Crippen molar-refractivity contribution in [3.05, 3.63) is 12.3 Å². The summed E-state index contributed by atoms with van der Waals surface area (Å²) >= 11 is 0. The monoisotopic (exact) mass is 325 g/mol. The van der Waals surface area contributed by atoms with Gasteiger partial charge in [0.1, 0.15) is 5.82 Å². The Kier molecular flexibility index (Phi) is 4.22. The van der Waals surface area contributed by atoms with Crippen LogP contribution in [0.3, 0.4) is 0 Å². The van der Waals surface area contributed by atoms with Gasteiger partial charge in [-0.15, -0.1) is 0 Å². The molecule has 0 amide bonds. The van der Waals surface area contributed by atoms with Crippen molar-refractivity contribution < 1.29 is 8.42 Å². The van der Waals surface area contributed by atoms with Crippen LogP contribution in [-0.4, -0.2) is 68.2 Å². The van der Waals surface area contributed by atoms with E-state index in [0.717, 1.165) is 18.7 Å². The van der Waals surface area contributed by atoms with E-state index in [0.29, 0.717) is 38.5 Å². The van der Waals surface area contributed by atoms with Crippen molar-refractivity contribution in [1.29, 1.82) is 0 Å². The molecule has 1 atom stereocenters. The summed E-state index contributed by atoms with van der Waals surface area (Å²) in [6.45, 7) is 2.52. The molecule has 0 N–H and O–H groups in total. The van der Waals surface area contributed by atoms with Gasteiger partial charge in [-0.05, 0) is 25.3 Å². The van der Waals surface area contributed by atoms with Crippen LogP contribution in [0.1, 0.15) is 19.3 Å². The molecule has 0 aromatic carbocycles. The molecule has 2 aliphatic rings. The van der Waals surface area contributed by atoms with Crippen molar-refractivity contribution >= 4 is 21.8 Å². The zero-order valence-electron chi connectivity index (χ0n) is 13.1. The second-order valence-electron chi connectivity index (χ2n) is 6.12. The zero-order chi connectivity index (χ0) is 15.7. The van der Waals surface area contributed by atoms with Crippen molar-refractivity contribution in [2.24, 2.45) is 0 Å². The Hall–Kier alpha value is -1.41. The van der Waals surface area contributed by atoms with E-state index in [1.54, 1.807) is 10.5 Å². The Balaban J connectivity index is 1.73. The van der Waals surface area contributed by atoms with E-state index >= 15 is 0 Å². The fourth-order valence-corrected chi connectivity index (χ4v) is 5.01. The molecule has 3 rings (SSSR count). The van der Waals surface area contributed by atoms with Gasteiger partial charge in [-0.3, -0.25) is 0 Å². The van der Waals surface area contributed by atoms with Crippen molar-refractivity contribution in [2.45, 2.75) is 24.5 Å². The first-order chi connectivity index (χ1) is 10.5. The summed E-state index contributed by atoms with van der Waals surface area (Å²) in [7, 11) is 0.675. The number of hydrogen-bond donors (Lipinski definition) is 0. The first kappa shape index (κ1) is 15.5. The minimum Gasteiger partial charge on any atom is -0.363 e. The Labute approximate surface area is 132 Å². The van der Waals surface area contributed by atoms with E-state index < -0.39 is 10.0 Å². The lowest BCUT2D eigenvalue weighted by atomic mass is 10.4. The largest absolute Gasteiger partial charge is 0.363 e. The number of rotatable bonds is 4. The minimum atomic E-state index is -3.18. The fourth-order valence-electron chi connectivity index (χ4n) is 3.05. The van der Waals surface area contributed by atoms with E-state index in [9.17, 15) is 8.42 Å². The zero-order valence-corrected chi connectivity index (χ0v) is 14.0. The normalized spacial score (nSPS) is 23.2. The molecule has 2 aliphatic heterocycles. The molecule has 0 saturated carbocycles. The number of nitrogens with zero attached hydrogens (tertiary/aromatic N) is 5. The lowest BCUT2D eigenvalue weighted by Gasteiger charge is -2.21. The number of sulfonamides is 1. The summed E-state index contributed by atoms with van der Waals surface area (Å²) in [4.78, 5) is 12.7. The molecule has 1 aromatic rings. The van der Waals surface area contributed by atoms with E-state index in [4.69, 9.17) is 0 Å². The third-order valence-corrected chi connectivity index (χ3v) is 6.67. The molecular formula is C14H23N5O2S. The highest BCUT2D eigenvalue weighted by molar-refractivity contribution is 7.89. The molecule has 3 heterocycles. The quantitative estimate of drug-likeness (QED) is 0.805. The predicted molar refractivity (Wildman–Crippen MR) is 86.7 cm³/mol. The van der Waals surface area contributed by atoms with Crippen LogP contribution in [0.4, 0.5) is 11.8 Å². The molecule has 122 valence electrons. The van der Waals surface area contributed by atoms with Gasteiger partial charge in [0.2, 0.25) is 16.0 Å². The van der Waals surface area contributed by atoms with Gasteiger partial charge in [-0.2, -0.15) is 4.98 Å². The number of anilines is 2. The maximum Gasteiger partial charge on any atom is 0.227 e. The molecule has 2 fully saturated rings. The molecule has 2 saturated heterocycles. The molecule has 22 heavy (non-hydrogen) atoms. The lowest BCUT2D eigenvalue weighted by molar-refractivity contribution is 0.467. The van der Waals surface area contributed by atoms with Crippen molar-refractivity contribution in [3.8, 4) is 0 Å².